The second-order valence-electron chi connectivity index (χ2n) is 5.70. The number of rotatable bonds is 9. The number of sulfonamides is 1. The summed E-state index contributed by atoms with van der Waals surface area (Å²) >= 11 is 5.67. The highest BCUT2D eigenvalue weighted by atomic mass is 35.5. The average Bonchev–Trinajstić information content (AvgIpc) is 2.43. The molecule has 1 aromatic heterocycles. The van der Waals surface area contributed by atoms with Gasteiger partial charge in [-0.2, -0.15) is 0 Å². The van der Waals surface area contributed by atoms with E-state index in [1.807, 2.05) is 26.0 Å². The average molecular weight is 319 g/mol. The van der Waals surface area contributed by atoms with Crippen molar-refractivity contribution >= 4 is 21.6 Å². The van der Waals surface area contributed by atoms with Gasteiger partial charge in [0, 0.05) is 24.8 Å². The van der Waals surface area contributed by atoms with E-state index in [1.165, 1.54) is 0 Å². The number of pyridine rings is 1. The zero-order chi connectivity index (χ0) is 15.1. The molecule has 0 atom stereocenters. The van der Waals surface area contributed by atoms with E-state index >= 15 is 0 Å². The van der Waals surface area contributed by atoms with Gasteiger partial charge in [0.2, 0.25) is 10.0 Å². The van der Waals surface area contributed by atoms with Crippen molar-refractivity contribution in [3.05, 3.63) is 30.1 Å². The minimum Gasteiger partial charge on any atom is -0.265 e. The van der Waals surface area contributed by atoms with Gasteiger partial charge in [-0.05, 0) is 42.4 Å². The van der Waals surface area contributed by atoms with E-state index in [-0.39, 0.29) is 11.2 Å². The van der Waals surface area contributed by atoms with Crippen molar-refractivity contribution in [3.8, 4) is 0 Å². The largest absolute Gasteiger partial charge is 0.265 e. The smallest absolute Gasteiger partial charge is 0.211 e. The summed E-state index contributed by atoms with van der Waals surface area (Å²) in [6, 6.07) is 3.67. The first-order chi connectivity index (χ1) is 9.35. The van der Waals surface area contributed by atoms with Crippen molar-refractivity contribution in [1.82, 2.24) is 9.71 Å². The molecule has 0 aliphatic rings. The summed E-state index contributed by atoms with van der Waals surface area (Å²) in [4.78, 5) is 3.91. The Morgan fingerprint density at radius 1 is 1.30 bits per heavy atom. The Kier molecular flexibility index (Phi) is 6.92. The summed E-state index contributed by atoms with van der Waals surface area (Å²) in [5.41, 5.74) is 0.908. The maximum Gasteiger partial charge on any atom is 0.211 e. The predicted octanol–water partition coefficient (Wildman–Crippen LogP) is 2.59. The van der Waals surface area contributed by atoms with E-state index in [0.29, 0.717) is 18.8 Å². The molecular weight excluding hydrogens is 296 g/mol. The van der Waals surface area contributed by atoms with Crippen molar-refractivity contribution in [2.75, 3.05) is 18.2 Å². The van der Waals surface area contributed by atoms with Crippen LogP contribution >= 0.6 is 11.6 Å². The topological polar surface area (TPSA) is 59.1 Å². The fourth-order valence-electron chi connectivity index (χ4n) is 1.81. The first-order valence-corrected chi connectivity index (χ1v) is 8.95. The number of halogens is 1. The van der Waals surface area contributed by atoms with Gasteiger partial charge in [0.1, 0.15) is 0 Å². The van der Waals surface area contributed by atoms with Crippen molar-refractivity contribution in [2.24, 2.45) is 5.41 Å². The molecule has 0 bridgehead atoms. The number of hydrogen-bond acceptors (Lipinski definition) is 3. The second kappa shape index (κ2) is 7.96. The van der Waals surface area contributed by atoms with Crippen LogP contribution in [0.4, 0.5) is 0 Å². The normalized spacial score (nSPS) is 12.6. The Morgan fingerprint density at radius 3 is 2.55 bits per heavy atom. The van der Waals surface area contributed by atoms with E-state index in [9.17, 15) is 8.42 Å². The summed E-state index contributed by atoms with van der Waals surface area (Å²) in [7, 11) is -3.24. The lowest BCUT2D eigenvalue weighted by Gasteiger charge is -2.24. The molecule has 0 aliphatic carbocycles. The number of nitrogens with zero attached hydrogens (tertiary/aromatic N) is 1. The fraction of sp³-hybridized carbons (Fsp3) is 0.643. The Morgan fingerprint density at radius 2 is 1.95 bits per heavy atom. The quantitative estimate of drug-likeness (QED) is 0.712. The van der Waals surface area contributed by atoms with Crippen molar-refractivity contribution in [1.29, 1.82) is 0 Å². The van der Waals surface area contributed by atoms with E-state index < -0.39 is 10.0 Å². The molecule has 0 saturated heterocycles. The van der Waals surface area contributed by atoms with Gasteiger partial charge in [-0.25, -0.2) is 13.1 Å². The zero-order valence-electron chi connectivity index (χ0n) is 12.1. The molecule has 0 aromatic carbocycles. The standard InChI is InChI=1S/C14H23ClN2O2S/c1-14(2,7-3-8-15)12-17-20(18,19)11-6-13-4-9-16-10-5-13/h4-5,9-10,17H,3,6-8,11-12H2,1-2H3. The number of aromatic nitrogens is 1. The molecule has 0 unspecified atom stereocenters. The number of nitrogens with one attached hydrogen (secondary N) is 1. The summed E-state index contributed by atoms with van der Waals surface area (Å²) in [6.45, 7) is 4.54. The van der Waals surface area contributed by atoms with Crippen LogP contribution in [-0.4, -0.2) is 31.6 Å². The maximum absolute atomic E-state index is 12.0. The third kappa shape index (κ3) is 7.22. The summed E-state index contributed by atoms with van der Waals surface area (Å²) in [6.07, 6.45) is 5.64. The van der Waals surface area contributed by atoms with Crippen LogP contribution < -0.4 is 4.72 Å². The lowest BCUT2D eigenvalue weighted by atomic mass is 9.88. The van der Waals surface area contributed by atoms with Gasteiger partial charge in [0.15, 0.2) is 0 Å². The van der Waals surface area contributed by atoms with E-state index in [1.54, 1.807) is 12.4 Å². The molecule has 4 nitrogen and oxygen atoms in total. The lowest BCUT2D eigenvalue weighted by molar-refractivity contribution is 0.331. The number of alkyl halides is 1. The highest BCUT2D eigenvalue weighted by Crippen LogP contribution is 2.21. The van der Waals surface area contributed by atoms with Crippen LogP contribution in [0.25, 0.3) is 0 Å². The van der Waals surface area contributed by atoms with E-state index in [0.717, 1.165) is 18.4 Å². The fourth-order valence-corrected chi connectivity index (χ4v) is 3.21. The highest BCUT2D eigenvalue weighted by Gasteiger charge is 2.20. The Bertz CT molecular complexity index is 489. The molecule has 0 amide bonds. The minimum atomic E-state index is -3.24. The van der Waals surface area contributed by atoms with Crippen LogP contribution in [0.2, 0.25) is 0 Å². The third-order valence-electron chi connectivity index (χ3n) is 3.17. The Labute approximate surface area is 127 Å². The van der Waals surface area contributed by atoms with E-state index in [2.05, 4.69) is 9.71 Å². The molecule has 0 fully saturated rings. The van der Waals surface area contributed by atoms with Crippen LogP contribution in [0.1, 0.15) is 32.3 Å². The first kappa shape index (κ1) is 17.4. The molecule has 0 spiro atoms. The summed E-state index contributed by atoms with van der Waals surface area (Å²) in [5, 5.41) is 0. The number of hydrogen-bond donors (Lipinski definition) is 1. The van der Waals surface area contributed by atoms with Gasteiger partial charge >= 0.3 is 0 Å². The Hall–Kier alpha value is -0.650. The predicted molar refractivity (Wildman–Crippen MR) is 83.5 cm³/mol. The van der Waals surface area contributed by atoms with Crippen molar-refractivity contribution in [2.45, 2.75) is 33.1 Å². The third-order valence-corrected chi connectivity index (χ3v) is 4.76. The van der Waals surface area contributed by atoms with Crippen LogP contribution in [0.3, 0.4) is 0 Å². The Balaban J connectivity index is 2.42. The SMILES string of the molecule is CC(C)(CCCCl)CNS(=O)(=O)CCc1ccncc1. The maximum atomic E-state index is 12.0. The molecule has 0 aliphatic heterocycles. The molecule has 1 N–H and O–H groups in total. The van der Waals surface area contributed by atoms with Gasteiger partial charge in [-0.3, -0.25) is 4.98 Å². The van der Waals surface area contributed by atoms with Gasteiger partial charge < -0.3 is 0 Å². The zero-order valence-corrected chi connectivity index (χ0v) is 13.7. The van der Waals surface area contributed by atoms with Gasteiger partial charge in [-0.1, -0.05) is 13.8 Å². The minimum absolute atomic E-state index is 0.0708. The van der Waals surface area contributed by atoms with Gasteiger partial charge in [-0.15, -0.1) is 11.6 Å². The van der Waals surface area contributed by atoms with Gasteiger partial charge in [0.25, 0.3) is 0 Å². The molecule has 0 radical (unpaired) electrons. The lowest BCUT2D eigenvalue weighted by Crippen LogP contribution is -2.35. The highest BCUT2D eigenvalue weighted by molar-refractivity contribution is 7.89. The number of aryl methyl sites for hydroxylation is 1. The molecule has 1 heterocycles. The van der Waals surface area contributed by atoms with Crippen LogP contribution in [0.15, 0.2) is 24.5 Å². The summed E-state index contributed by atoms with van der Waals surface area (Å²) < 4.78 is 26.6. The molecule has 1 aromatic rings. The van der Waals surface area contributed by atoms with Gasteiger partial charge in [0.05, 0.1) is 5.75 Å². The van der Waals surface area contributed by atoms with Crippen molar-refractivity contribution in [3.63, 3.8) is 0 Å². The summed E-state index contributed by atoms with van der Waals surface area (Å²) in [5.74, 6) is 0.709. The van der Waals surface area contributed by atoms with Crippen LogP contribution in [0, 0.1) is 5.41 Å². The molecule has 0 saturated carbocycles. The van der Waals surface area contributed by atoms with Crippen molar-refractivity contribution < 1.29 is 8.42 Å². The monoisotopic (exact) mass is 318 g/mol. The molecule has 1 rings (SSSR count). The first-order valence-electron chi connectivity index (χ1n) is 6.77. The van der Waals surface area contributed by atoms with E-state index in [4.69, 9.17) is 11.6 Å². The van der Waals surface area contributed by atoms with Crippen LogP contribution in [-0.2, 0) is 16.4 Å². The molecular formula is C14H23ClN2O2S. The molecule has 6 heteroatoms. The second-order valence-corrected chi connectivity index (χ2v) is 8.01. The molecule has 114 valence electrons. The van der Waals surface area contributed by atoms with Crippen LogP contribution in [0.5, 0.6) is 0 Å². The molecule has 20 heavy (non-hydrogen) atoms.